The van der Waals surface area contributed by atoms with Gasteiger partial charge in [-0.15, -0.1) is 16.4 Å². The van der Waals surface area contributed by atoms with Gasteiger partial charge in [0.05, 0.1) is 30.5 Å². The van der Waals surface area contributed by atoms with E-state index in [0.29, 0.717) is 27.4 Å². The average molecular weight is 472 g/mol. The standard InChI is InChI=1S/C20H17N5O5S2/c1-4-30-20(28)15-13-9-31-18(21-17(26)16-10(2)22-24-32-16)14(13)19(27)25(23-15)11-6-5-7-12(8-11)29-3/h5-9H,4H2,1-3H3,(H,21,26). The average Bonchev–Trinajstić information content (AvgIpc) is 3.41. The van der Waals surface area contributed by atoms with Gasteiger partial charge in [0.25, 0.3) is 11.5 Å². The normalized spacial score (nSPS) is 10.8. The van der Waals surface area contributed by atoms with E-state index in [0.717, 1.165) is 27.6 Å². The Kier molecular flexibility index (Phi) is 5.97. The first kappa shape index (κ1) is 21.6. The third-order valence-electron chi connectivity index (χ3n) is 4.50. The second-order valence-corrected chi connectivity index (χ2v) is 8.12. The minimum atomic E-state index is -0.674. The van der Waals surface area contributed by atoms with Crippen molar-refractivity contribution in [3.63, 3.8) is 0 Å². The van der Waals surface area contributed by atoms with E-state index in [9.17, 15) is 14.4 Å². The Morgan fingerprint density at radius 2 is 2.09 bits per heavy atom. The first-order valence-electron chi connectivity index (χ1n) is 9.41. The number of amides is 1. The summed E-state index contributed by atoms with van der Waals surface area (Å²) in [6.07, 6.45) is 0. The van der Waals surface area contributed by atoms with Gasteiger partial charge >= 0.3 is 5.97 Å². The van der Waals surface area contributed by atoms with Gasteiger partial charge in [0.1, 0.15) is 15.6 Å². The molecule has 0 fully saturated rings. The van der Waals surface area contributed by atoms with Crippen LogP contribution >= 0.6 is 22.9 Å². The SMILES string of the molecule is CCOC(=O)c1nn(-c2cccc(OC)c2)c(=O)c2c(NC(=O)c3snnc3C)scc12. The largest absolute Gasteiger partial charge is 0.497 e. The van der Waals surface area contributed by atoms with Crippen LogP contribution in [0.3, 0.4) is 0 Å². The zero-order chi connectivity index (χ0) is 22.8. The highest BCUT2D eigenvalue weighted by Crippen LogP contribution is 2.31. The number of nitrogens with zero attached hydrogens (tertiary/aromatic N) is 4. The predicted octanol–water partition coefficient (Wildman–Crippen LogP) is 3.04. The van der Waals surface area contributed by atoms with Crippen molar-refractivity contribution in [1.82, 2.24) is 19.4 Å². The number of aromatic nitrogens is 4. The maximum atomic E-state index is 13.4. The summed E-state index contributed by atoms with van der Waals surface area (Å²) < 4.78 is 15.2. The number of thiophene rings is 1. The van der Waals surface area contributed by atoms with Crippen LogP contribution in [0.4, 0.5) is 5.00 Å². The molecule has 32 heavy (non-hydrogen) atoms. The van der Waals surface area contributed by atoms with Gasteiger partial charge in [0.15, 0.2) is 5.69 Å². The third-order valence-corrected chi connectivity index (χ3v) is 6.23. The van der Waals surface area contributed by atoms with Gasteiger partial charge in [-0.05, 0) is 37.5 Å². The molecular weight excluding hydrogens is 454 g/mol. The van der Waals surface area contributed by atoms with Crippen molar-refractivity contribution in [2.24, 2.45) is 0 Å². The number of methoxy groups -OCH3 is 1. The van der Waals surface area contributed by atoms with Crippen molar-refractivity contribution < 1.29 is 19.1 Å². The lowest BCUT2D eigenvalue weighted by atomic mass is 10.2. The summed E-state index contributed by atoms with van der Waals surface area (Å²) in [5.41, 5.74) is 0.345. The molecule has 1 aromatic carbocycles. The highest BCUT2D eigenvalue weighted by Gasteiger charge is 2.24. The van der Waals surface area contributed by atoms with Crippen LogP contribution in [0.25, 0.3) is 16.5 Å². The Bertz CT molecular complexity index is 1390. The Balaban J connectivity index is 1.91. The fraction of sp³-hybridized carbons (Fsp3) is 0.200. The molecule has 164 valence electrons. The van der Waals surface area contributed by atoms with Gasteiger partial charge in [-0.1, -0.05) is 10.6 Å². The summed E-state index contributed by atoms with van der Waals surface area (Å²) in [6, 6.07) is 6.70. The van der Waals surface area contributed by atoms with Gasteiger partial charge in [0, 0.05) is 16.8 Å². The lowest BCUT2D eigenvalue weighted by molar-refractivity contribution is 0.0520. The smallest absolute Gasteiger partial charge is 0.359 e. The summed E-state index contributed by atoms with van der Waals surface area (Å²) >= 11 is 2.07. The van der Waals surface area contributed by atoms with E-state index in [4.69, 9.17) is 9.47 Å². The van der Waals surface area contributed by atoms with E-state index in [1.807, 2.05) is 0 Å². The highest BCUT2D eigenvalue weighted by atomic mass is 32.1. The Hall–Kier alpha value is -3.64. The number of esters is 1. The predicted molar refractivity (Wildman–Crippen MR) is 120 cm³/mol. The number of carbonyl (C=O) groups excluding carboxylic acids is 2. The number of carbonyl (C=O) groups is 2. The quantitative estimate of drug-likeness (QED) is 0.425. The lowest BCUT2D eigenvalue weighted by Crippen LogP contribution is -2.25. The van der Waals surface area contributed by atoms with E-state index in [2.05, 4.69) is 20.0 Å². The van der Waals surface area contributed by atoms with E-state index >= 15 is 0 Å². The summed E-state index contributed by atoms with van der Waals surface area (Å²) in [7, 11) is 1.51. The molecule has 0 aliphatic rings. The van der Waals surface area contributed by atoms with E-state index in [1.54, 1.807) is 43.5 Å². The molecule has 0 saturated carbocycles. The summed E-state index contributed by atoms with van der Waals surface area (Å²) in [5, 5.41) is 13.2. The number of anilines is 1. The number of rotatable bonds is 6. The molecule has 10 nitrogen and oxygen atoms in total. The molecule has 0 atom stereocenters. The van der Waals surface area contributed by atoms with E-state index in [-0.39, 0.29) is 22.7 Å². The van der Waals surface area contributed by atoms with Gasteiger partial charge in [-0.2, -0.15) is 9.78 Å². The van der Waals surface area contributed by atoms with Crippen molar-refractivity contribution in [3.8, 4) is 11.4 Å². The van der Waals surface area contributed by atoms with Crippen molar-refractivity contribution in [2.75, 3.05) is 19.0 Å². The first-order chi connectivity index (χ1) is 15.4. The monoisotopic (exact) mass is 471 g/mol. The molecule has 0 spiro atoms. The van der Waals surface area contributed by atoms with Crippen molar-refractivity contribution in [2.45, 2.75) is 13.8 Å². The number of benzene rings is 1. The van der Waals surface area contributed by atoms with Crippen LogP contribution in [0.5, 0.6) is 5.75 Å². The van der Waals surface area contributed by atoms with Crippen molar-refractivity contribution in [1.29, 1.82) is 0 Å². The first-order valence-corrected chi connectivity index (χ1v) is 11.1. The maximum absolute atomic E-state index is 13.4. The second-order valence-electron chi connectivity index (χ2n) is 6.48. The molecule has 0 radical (unpaired) electrons. The van der Waals surface area contributed by atoms with Crippen molar-refractivity contribution in [3.05, 3.63) is 56.3 Å². The molecule has 0 saturated heterocycles. The minimum Gasteiger partial charge on any atom is -0.497 e. The summed E-state index contributed by atoms with van der Waals surface area (Å²) in [4.78, 5) is 39.1. The third kappa shape index (κ3) is 3.85. The molecule has 0 unspecified atom stereocenters. The molecule has 3 heterocycles. The molecule has 4 aromatic rings. The fourth-order valence-corrected chi connectivity index (χ4v) is 4.49. The van der Waals surface area contributed by atoms with Gasteiger partial charge in [-0.25, -0.2) is 4.79 Å². The number of fused-ring (bicyclic) bond motifs is 1. The Morgan fingerprint density at radius 1 is 1.28 bits per heavy atom. The van der Waals surface area contributed by atoms with Gasteiger partial charge in [0.2, 0.25) is 0 Å². The highest BCUT2D eigenvalue weighted by molar-refractivity contribution is 7.16. The topological polar surface area (TPSA) is 125 Å². The number of hydrogen-bond donors (Lipinski definition) is 1. The van der Waals surface area contributed by atoms with Gasteiger partial charge in [-0.3, -0.25) is 9.59 Å². The van der Waals surface area contributed by atoms with Crippen LogP contribution in [0.15, 0.2) is 34.4 Å². The van der Waals surface area contributed by atoms with E-state index in [1.165, 1.54) is 7.11 Å². The lowest BCUT2D eigenvalue weighted by Gasteiger charge is -2.10. The van der Waals surface area contributed by atoms with Crippen molar-refractivity contribution >= 4 is 50.5 Å². The summed E-state index contributed by atoms with van der Waals surface area (Å²) in [6.45, 7) is 3.49. The van der Waals surface area contributed by atoms with Crippen LogP contribution < -0.4 is 15.6 Å². The van der Waals surface area contributed by atoms with Gasteiger partial charge < -0.3 is 14.8 Å². The number of nitrogens with one attached hydrogen (secondary N) is 1. The molecule has 0 aliphatic carbocycles. The minimum absolute atomic E-state index is 0.0309. The van der Waals surface area contributed by atoms with E-state index < -0.39 is 17.4 Å². The molecule has 4 rings (SSSR count). The Morgan fingerprint density at radius 3 is 2.78 bits per heavy atom. The fourth-order valence-electron chi connectivity index (χ4n) is 3.01. The zero-order valence-electron chi connectivity index (χ0n) is 17.2. The second kappa shape index (κ2) is 8.85. The number of ether oxygens (including phenoxy) is 2. The molecule has 1 N–H and O–H groups in total. The van der Waals surface area contributed by atoms with Crippen LogP contribution in [-0.4, -0.2) is 45.0 Å². The Labute approximate surface area is 189 Å². The summed E-state index contributed by atoms with van der Waals surface area (Å²) in [5.74, 6) is -0.601. The van der Waals surface area contributed by atoms with Crippen LogP contribution in [0.1, 0.15) is 32.8 Å². The zero-order valence-corrected chi connectivity index (χ0v) is 18.9. The maximum Gasteiger partial charge on any atom is 0.359 e. The van der Waals surface area contributed by atoms with Crippen LogP contribution in [0.2, 0.25) is 0 Å². The molecular formula is C20H17N5O5S2. The molecule has 0 bridgehead atoms. The number of hydrogen-bond acceptors (Lipinski definition) is 10. The van der Waals surface area contributed by atoms with Crippen LogP contribution in [-0.2, 0) is 4.74 Å². The molecule has 1 amide bonds. The molecule has 12 heteroatoms. The molecule has 0 aliphatic heterocycles. The van der Waals surface area contributed by atoms with Crippen LogP contribution in [0, 0.1) is 6.92 Å². The number of aryl methyl sites for hydroxylation is 1. The molecule has 3 aromatic heterocycles.